The van der Waals surface area contributed by atoms with E-state index >= 15 is 0 Å². The molecule has 0 aromatic carbocycles. The number of likely N-dealkylation sites (tertiary alicyclic amines) is 1. The van der Waals surface area contributed by atoms with Crippen molar-refractivity contribution >= 4 is 11.9 Å². The van der Waals surface area contributed by atoms with Crippen LogP contribution in [0.2, 0.25) is 0 Å². The summed E-state index contributed by atoms with van der Waals surface area (Å²) in [5.41, 5.74) is 0. The van der Waals surface area contributed by atoms with E-state index in [9.17, 15) is 9.59 Å². The van der Waals surface area contributed by atoms with Gasteiger partial charge in [-0.2, -0.15) is 0 Å². The molecule has 1 aliphatic rings. The van der Waals surface area contributed by atoms with Crippen LogP contribution in [-0.2, 0) is 9.59 Å². The first-order chi connectivity index (χ1) is 7.66. The Morgan fingerprint density at radius 1 is 1.44 bits per heavy atom. The Hall–Kier alpha value is -1.10. The number of amides is 1. The van der Waals surface area contributed by atoms with Crippen LogP contribution in [0.5, 0.6) is 0 Å². The van der Waals surface area contributed by atoms with Gasteiger partial charge in [0.25, 0.3) is 0 Å². The van der Waals surface area contributed by atoms with Gasteiger partial charge in [0.2, 0.25) is 5.91 Å². The maximum absolute atomic E-state index is 11.8. The smallest absolute Gasteiger partial charge is 0.326 e. The third-order valence-electron chi connectivity index (χ3n) is 2.93. The van der Waals surface area contributed by atoms with E-state index in [4.69, 9.17) is 5.11 Å². The molecule has 0 aromatic heterocycles. The molecule has 1 aliphatic heterocycles. The molecule has 2 N–H and O–H groups in total. The SMILES string of the molecule is CNCCCC(=O)N1CCCCC1C(=O)O. The fourth-order valence-electron chi connectivity index (χ4n) is 2.05. The molecule has 1 unspecified atom stereocenters. The van der Waals surface area contributed by atoms with Crippen molar-refractivity contribution in [1.82, 2.24) is 10.2 Å². The van der Waals surface area contributed by atoms with Gasteiger partial charge in [-0.25, -0.2) is 4.79 Å². The van der Waals surface area contributed by atoms with E-state index < -0.39 is 12.0 Å². The molecular weight excluding hydrogens is 208 g/mol. The van der Waals surface area contributed by atoms with E-state index in [0.29, 0.717) is 19.4 Å². The molecule has 0 radical (unpaired) electrons. The van der Waals surface area contributed by atoms with E-state index in [-0.39, 0.29) is 5.91 Å². The zero-order chi connectivity index (χ0) is 12.0. The van der Waals surface area contributed by atoms with Crippen molar-refractivity contribution in [3.8, 4) is 0 Å². The molecule has 92 valence electrons. The second-order valence-corrected chi connectivity index (χ2v) is 4.14. The molecule has 1 rings (SSSR count). The summed E-state index contributed by atoms with van der Waals surface area (Å²) >= 11 is 0. The first kappa shape index (κ1) is 13.0. The maximum atomic E-state index is 11.8. The number of carboxylic acid groups (broad SMARTS) is 1. The summed E-state index contributed by atoms with van der Waals surface area (Å²) in [4.78, 5) is 24.3. The minimum Gasteiger partial charge on any atom is -0.480 e. The van der Waals surface area contributed by atoms with E-state index in [1.807, 2.05) is 7.05 Å². The Bertz CT molecular complexity index is 256. The molecule has 5 heteroatoms. The van der Waals surface area contributed by atoms with Crippen LogP contribution in [0.4, 0.5) is 0 Å². The highest BCUT2D eigenvalue weighted by atomic mass is 16.4. The van der Waals surface area contributed by atoms with Gasteiger partial charge >= 0.3 is 5.97 Å². The van der Waals surface area contributed by atoms with Gasteiger partial charge < -0.3 is 15.3 Å². The molecular formula is C11H20N2O3. The van der Waals surface area contributed by atoms with Crippen LogP contribution in [0.1, 0.15) is 32.1 Å². The summed E-state index contributed by atoms with van der Waals surface area (Å²) in [6, 6.07) is -0.601. The first-order valence-corrected chi connectivity index (χ1v) is 5.83. The van der Waals surface area contributed by atoms with Crippen LogP contribution in [0, 0.1) is 0 Å². The number of piperidine rings is 1. The first-order valence-electron chi connectivity index (χ1n) is 5.83. The third kappa shape index (κ3) is 3.48. The monoisotopic (exact) mass is 228 g/mol. The third-order valence-corrected chi connectivity index (χ3v) is 2.93. The molecule has 0 saturated carbocycles. The van der Waals surface area contributed by atoms with Gasteiger partial charge in [0.15, 0.2) is 0 Å². The lowest BCUT2D eigenvalue weighted by Gasteiger charge is -2.33. The average molecular weight is 228 g/mol. The highest BCUT2D eigenvalue weighted by Crippen LogP contribution is 2.18. The lowest BCUT2D eigenvalue weighted by molar-refractivity contribution is -0.152. The number of nitrogens with zero attached hydrogens (tertiary/aromatic N) is 1. The minimum absolute atomic E-state index is 0.0256. The number of hydrogen-bond acceptors (Lipinski definition) is 3. The van der Waals surface area contributed by atoms with Crippen LogP contribution in [0.25, 0.3) is 0 Å². The van der Waals surface area contributed by atoms with Crippen molar-refractivity contribution in [2.75, 3.05) is 20.1 Å². The Morgan fingerprint density at radius 2 is 2.19 bits per heavy atom. The van der Waals surface area contributed by atoms with Gasteiger partial charge in [-0.15, -0.1) is 0 Å². The number of carbonyl (C=O) groups excluding carboxylic acids is 1. The molecule has 1 fully saturated rings. The average Bonchev–Trinajstić information content (AvgIpc) is 2.29. The molecule has 0 aliphatic carbocycles. The zero-order valence-corrected chi connectivity index (χ0v) is 9.74. The topological polar surface area (TPSA) is 69.6 Å². The van der Waals surface area contributed by atoms with Gasteiger partial charge in [0.05, 0.1) is 0 Å². The van der Waals surface area contributed by atoms with Crippen molar-refractivity contribution in [2.24, 2.45) is 0 Å². The predicted octanol–water partition coefficient (Wildman–Crippen LogP) is 0.452. The van der Waals surface area contributed by atoms with Crippen molar-refractivity contribution in [3.05, 3.63) is 0 Å². The molecule has 0 spiro atoms. The number of nitrogens with one attached hydrogen (secondary N) is 1. The largest absolute Gasteiger partial charge is 0.480 e. The molecule has 1 atom stereocenters. The van der Waals surface area contributed by atoms with Crippen molar-refractivity contribution in [3.63, 3.8) is 0 Å². The fraction of sp³-hybridized carbons (Fsp3) is 0.818. The molecule has 1 amide bonds. The summed E-state index contributed by atoms with van der Waals surface area (Å²) in [5.74, 6) is -0.899. The maximum Gasteiger partial charge on any atom is 0.326 e. The number of carbonyl (C=O) groups is 2. The molecule has 0 aromatic rings. The van der Waals surface area contributed by atoms with Gasteiger partial charge in [-0.1, -0.05) is 0 Å². The van der Waals surface area contributed by atoms with Crippen molar-refractivity contribution < 1.29 is 14.7 Å². The van der Waals surface area contributed by atoms with E-state index in [1.54, 1.807) is 0 Å². The van der Waals surface area contributed by atoms with Crippen LogP contribution in [-0.4, -0.2) is 48.1 Å². The van der Waals surface area contributed by atoms with Gasteiger partial charge in [-0.3, -0.25) is 4.79 Å². The van der Waals surface area contributed by atoms with Crippen LogP contribution < -0.4 is 5.32 Å². The Labute approximate surface area is 95.8 Å². The van der Waals surface area contributed by atoms with Crippen molar-refractivity contribution in [2.45, 2.75) is 38.1 Å². The summed E-state index contributed by atoms with van der Waals surface area (Å²) in [7, 11) is 1.84. The summed E-state index contributed by atoms with van der Waals surface area (Å²) in [6.45, 7) is 1.38. The minimum atomic E-state index is -0.873. The van der Waals surface area contributed by atoms with E-state index in [2.05, 4.69) is 5.32 Å². The number of rotatable bonds is 5. The standard InChI is InChI=1S/C11H20N2O3/c1-12-7-4-6-10(14)13-8-3-2-5-9(13)11(15)16/h9,12H,2-8H2,1H3,(H,15,16). The zero-order valence-electron chi connectivity index (χ0n) is 9.74. The summed E-state index contributed by atoms with van der Waals surface area (Å²) < 4.78 is 0. The van der Waals surface area contributed by atoms with Gasteiger partial charge in [-0.05, 0) is 39.3 Å². The molecule has 1 saturated heterocycles. The Balaban J connectivity index is 2.47. The van der Waals surface area contributed by atoms with Crippen LogP contribution in [0.3, 0.4) is 0 Å². The summed E-state index contributed by atoms with van der Waals surface area (Å²) in [6.07, 6.45) is 3.61. The quantitative estimate of drug-likeness (QED) is 0.670. The summed E-state index contributed by atoms with van der Waals surface area (Å²) in [5, 5.41) is 12.0. The van der Waals surface area contributed by atoms with Gasteiger partial charge in [0, 0.05) is 13.0 Å². The Morgan fingerprint density at radius 3 is 2.81 bits per heavy atom. The fourth-order valence-corrected chi connectivity index (χ4v) is 2.05. The second-order valence-electron chi connectivity index (χ2n) is 4.14. The number of carboxylic acids is 1. The number of hydrogen-bond donors (Lipinski definition) is 2. The normalized spacial score (nSPS) is 20.8. The van der Waals surface area contributed by atoms with Crippen LogP contribution >= 0.6 is 0 Å². The Kier molecular flexibility index (Phi) is 5.25. The molecule has 1 heterocycles. The second kappa shape index (κ2) is 6.48. The molecule has 0 bridgehead atoms. The molecule has 5 nitrogen and oxygen atoms in total. The van der Waals surface area contributed by atoms with Gasteiger partial charge in [0.1, 0.15) is 6.04 Å². The molecule has 16 heavy (non-hydrogen) atoms. The number of aliphatic carboxylic acids is 1. The highest BCUT2D eigenvalue weighted by molar-refractivity contribution is 5.83. The lowest BCUT2D eigenvalue weighted by atomic mass is 10.0. The van der Waals surface area contributed by atoms with Crippen molar-refractivity contribution in [1.29, 1.82) is 0 Å². The highest BCUT2D eigenvalue weighted by Gasteiger charge is 2.31. The van der Waals surface area contributed by atoms with E-state index in [0.717, 1.165) is 25.8 Å². The van der Waals surface area contributed by atoms with Crippen LogP contribution in [0.15, 0.2) is 0 Å². The lowest BCUT2D eigenvalue weighted by Crippen LogP contribution is -2.48. The predicted molar refractivity (Wildman–Crippen MR) is 60.1 cm³/mol. The van der Waals surface area contributed by atoms with E-state index in [1.165, 1.54) is 4.90 Å².